The molecule has 1 aliphatic rings. The Kier molecular flexibility index (Phi) is 6.35. The first-order valence-electron chi connectivity index (χ1n) is 10.1. The number of rotatable bonds is 6. The van der Waals surface area contributed by atoms with Gasteiger partial charge in [-0.3, -0.25) is 4.79 Å². The first-order chi connectivity index (χ1) is 15.8. The SMILES string of the molecule is O=C(OCC(=O)c1cc(F)ccc1F)c1cccc(S(=O)(=O)N2CCc3ccccc3C2)c1. The molecule has 0 aromatic heterocycles. The van der Waals surface area contributed by atoms with Crippen LogP contribution in [-0.4, -0.2) is 37.6 Å². The van der Waals surface area contributed by atoms with Gasteiger partial charge in [-0.25, -0.2) is 22.0 Å². The summed E-state index contributed by atoms with van der Waals surface area (Å²) in [5.41, 5.74) is 1.40. The van der Waals surface area contributed by atoms with Gasteiger partial charge in [0.2, 0.25) is 15.8 Å². The summed E-state index contributed by atoms with van der Waals surface area (Å²) in [7, 11) is -3.88. The number of ketones is 1. The number of carbonyl (C=O) groups is 2. The molecule has 0 radical (unpaired) electrons. The average molecular weight is 471 g/mol. The Bertz CT molecular complexity index is 1340. The number of carbonyl (C=O) groups excluding carboxylic acids is 2. The molecule has 6 nitrogen and oxygen atoms in total. The van der Waals surface area contributed by atoms with Gasteiger partial charge in [-0.15, -0.1) is 0 Å². The summed E-state index contributed by atoms with van der Waals surface area (Å²) in [5, 5.41) is 0. The Morgan fingerprint density at radius 2 is 1.70 bits per heavy atom. The lowest BCUT2D eigenvalue weighted by molar-refractivity contribution is 0.0473. The van der Waals surface area contributed by atoms with Crippen LogP contribution in [0.5, 0.6) is 0 Å². The zero-order chi connectivity index (χ0) is 23.6. The van der Waals surface area contributed by atoms with Crippen LogP contribution in [0.1, 0.15) is 31.8 Å². The van der Waals surface area contributed by atoms with Crippen molar-refractivity contribution in [3.8, 4) is 0 Å². The summed E-state index contributed by atoms with van der Waals surface area (Å²) in [5.74, 6) is -3.62. The van der Waals surface area contributed by atoms with E-state index in [4.69, 9.17) is 4.74 Å². The van der Waals surface area contributed by atoms with E-state index < -0.39 is 45.6 Å². The molecule has 1 heterocycles. The van der Waals surface area contributed by atoms with Crippen LogP contribution in [0.3, 0.4) is 0 Å². The normalized spacial score (nSPS) is 13.9. The molecular formula is C24H19F2NO5S. The van der Waals surface area contributed by atoms with Crippen LogP contribution in [-0.2, 0) is 27.7 Å². The molecule has 3 aromatic carbocycles. The minimum Gasteiger partial charge on any atom is -0.454 e. The zero-order valence-electron chi connectivity index (χ0n) is 17.3. The molecule has 170 valence electrons. The summed E-state index contributed by atoms with van der Waals surface area (Å²) in [4.78, 5) is 24.4. The van der Waals surface area contributed by atoms with E-state index in [2.05, 4.69) is 0 Å². The number of esters is 1. The Morgan fingerprint density at radius 1 is 0.939 bits per heavy atom. The molecule has 0 spiro atoms. The molecule has 33 heavy (non-hydrogen) atoms. The number of hydrogen-bond acceptors (Lipinski definition) is 5. The number of nitrogens with zero attached hydrogens (tertiary/aromatic N) is 1. The van der Waals surface area contributed by atoms with Crippen LogP contribution >= 0.6 is 0 Å². The van der Waals surface area contributed by atoms with E-state index >= 15 is 0 Å². The maximum absolute atomic E-state index is 13.7. The second-order valence-corrected chi connectivity index (χ2v) is 9.45. The van der Waals surface area contributed by atoms with Gasteiger partial charge in [0.05, 0.1) is 16.0 Å². The highest BCUT2D eigenvalue weighted by molar-refractivity contribution is 7.89. The third-order valence-corrected chi connectivity index (χ3v) is 7.21. The van der Waals surface area contributed by atoms with Crippen molar-refractivity contribution >= 4 is 21.8 Å². The molecular weight excluding hydrogens is 452 g/mol. The topological polar surface area (TPSA) is 80.8 Å². The molecule has 0 fully saturated rings. The van der Waals surface area contributed by atoms with Gasteiger partial charge in [-0.2, -0.15) is 4.31 Å². The smallest absolute Gasteiger partial charge is 0.338 e. The fraction of sp³-hybridized carbons (Fsp3) is 0.167. The second-order valence-electron chi connectivity index (χ2n) is 7.51. The van der Waals surface area contributed by atoms with E-state index in [9.17, 15) is 26.8 Å². The first-order valence-corrected chi connectivity index (χ1v) is 11.5. The molecule has 1 aliphatic heterocycles. The van der Waals surface area contributed by atoms with Crippen molar-refractivity contribution in [2.75, 3.05) is 13.2 Å². The molecule has 0 unspecified atom stereocenters. The van der Waals surface area contributed by atoms with Crippen molar-refractivity contribution < 1.29 is 31.5 Å². The lowest BCUT2D eigenvalue weighted by atomic mass is 10.0. The monoisotopic (exact) mass is 471 g/mol. The van der Waals surface area contributed by atoms with Crippen molar-refractivity contribution in [1.82, 2.24) is 4.31 Å². The predicted molar refractivity (Wildman–Crippen MR) is 115 cm³/mol. The minimum atomic E-state index is -3.88. The molecule has 0 amide bonds. The van der Waals surface area contributed by atoms with Crippen LogP contribution in [0.2, 0.25) is 0 Å². The summed E-state index contributed by atoms with van der Waals surface area (Å²) < 4.78 is 59.5. The minimum absolute atomic E-state index is 0.0824. The largest absolute Gasteiger partial charge is 0.454 e. The highest BCUT2D eigenvalue weighted by Gasteiger charge is 2.29. The van der Waals surface area contributed by atoms with Crippen molar-refractivity contribution in [3.05, 3.63) is 101 Å². The van der Waals surface area contributed by atoms with Gasteiger partial charge >= 0.3 is 5.97 Å². The lowest BCUT2D eigenvalue weighted by Gasteiger charge is -2.28. The second kappa shape index (κ2) is 9.21. The molecule has 0 bridgehead atoms. The van der Waals surface area contributed by atoms with Crippen molar-refractivity contribution in [2.24, 2.45) is 0 Å². The highest BCUT2D eigenvalue weighted by Crippen LogP contribution is 2.25. The lowest BCUT2D eigenvalue weighted by Crippen LogP contribution is -2.36. The molecule has 0 atom stereocenters. The van der Waals surface area contributed by atoms with Crippen LogP contribution < -0.4 is 0 Å². The van der Waals surface area contributed by atoms with E-state index in [0.717, 1.165) is 29.3 Å². The summed E-state index contributed by atoms with van der Waals surface area (Å²) in [6, 6.07) is 15.3. The number of benzene rings is 3. The van der Waals surface area contributed by atoms with E-state index in [-0.39, 0.29) is 17.0 Å². The Morgan fingerprint density at radius 3 is 2.48 bits per heavy atom. The quantitative estimate of drug-likeness (QED) is 0.404. The van der Waals surface area contributed by atoms with Gasteiger partial charge in [0.15, 0.2) is 6.61 Å². The molecule has 0 saturated carbocycles. The van der Waals surface area contributed by atoms with Crippen molar-refractivity contribution in [2.45, 2.75) is 17.9 Å². The fourth-order valence-electron chi connectivity index (χ4n) is 3.61. The Hall–Kier alpha value is -3.43. The maximum atomic E-state index is 13.7. The predicted octanol–water partition coefficient (Wildman–Crippen LogP) is 3.75. The Balaban J connectivity index is 1.47. The maximum Gasteiger partial charge on any atom is 0.338 e. The van der Waals surface area contributed by atoms with Crippen LogP contribution in [0, 0.1) is 11.6 Å². The standard InChI is InChI=1S/C24H19F2NO5S/c25-19-8-9-22(26)21(13-19)23(28)15-32-24(29)17-6-3-7-20(12-17)33(30,31)27-11-10-16-4-1-2-5-18(16)14-27/h1-9,12-13H,10-11,14-15H2. The number of hydrogen-bond donors (Lipinski definition) is 0. The van der Waals surface area contributed by atoms with E-state index in [1.54, 1.807) is 0 Å². The van der Waals surface area contributed by atoms with Gasteiger partial charge < -0.3 is 4.74 Å². The third kappa shape index (κ3) is 4.84. The molecule has 9 heteroatoms. The van der Waals surface area contributed by atoms with E-state index in [1.807, 2.05) is 24.3 Å². The van der Waals surface area contributed by atoms with Gasteiger partial charge in [0.25, 0.3) is 0 Å². The molecule has 0 saturated heterocycles. The van der Waals surface area contributed by atoms with Crippen LogP contribution in [0.25, 0.3) is 0 Å². The number of sulfonamides is 1. The average Bonchev–Trinajstić information content (AvgIpc) is 2.83. The summed E-state index contributed by atoms with van der Waals surface area (Å²) in [6.07, 6.45) is 0.579. The van der Waals surface area contributed by atoms with E-state index in [0.29, 0.717) is 13.0 Å². The third-order valence-electron chi connectivity index (χ3n) is 5.37. The molecule has 4 rings (SSSR count). The summed E-state index contributed by atoms with van der Waals surface area (Å²) >= 11 is 0. The highest BCUT2D eigenvalue weighted by atomic mass is 32.2. The molecule has 0 N–H and O–H groups in total. The number of ether oxygens (including phenoxy) is 1. The number of fused-ring (bicyclic) bond motifs is 1. The van der Waals surface area contributed by atoms with E-state index in [1.165, 1.54) is 28.6 Å². The van der Waals surface area contributed by atoms with Gasteiger partial charge in [0, 0.05) is 13.1 Å². The zero-order valence-corrected chi connectivity index (χ0v) is 18.1. The number of Topliss-reactive ketones (excluding diaryl/α,β-unsaturated/α-hetero) is 1. The van der Waals surface area contributed by atoms with Crippen molar-refractivity contribution in [3.63, 3.8) is 0 Å². The molecule has 0 aliphatic carbocycles. The van der Waals surface area contributed by atoms with Gasteiger partial charge in [0.1, 0.15) is 11.6 Å². The summed E-state index contributed by atoms with van der Waals surface area (Å²) in [6.45, 7) is -0.290. The van der Waals surface area contributed by atoms with Gasteiger partial charge in [-0.05, 0) is 53.9 Å². The number of halogens is 2. The fourth-order valence-corrected chi connectivity index (χ4v) is 5.08. The Labute approximate surface area is 189 Å². The van der Waals surface area contributed by atoms with Crippen LogP contribution in [0.15, 0.2) is 71.6 Å². The van der Waals surface area contributed by atoms with Crippen molar-refractivity contribution in [1.29, 1.82) is 0 Å². The first kappa shape index (κ1) is 22.8. The molecule has 3 aromatic rings. The van der Waals surface area contributed by atoms with Gasteiger partial charge in [-0.1, -0.05) is 30.3 Å². The van der Waals surface area contributed by atoms with Crippen LogP contribution in [0.4, 0.5) is 8.78 Å².